The molecule has 7 nitrogen and oxygen atoms in total. The Balaban J connectivity index is 0.000000242. The summed E-state index contributed by atoms with van der Waals surface area (Å²) in [5, 5.41) is 0. The number of hydrogen-bond acceptors (Lipinski definition) is 6. The molecule has 3 atom stereocenters. The number of likely N-dealkylation sites (tertiary alicyclic amines) is 1. The van der Waals surface area contributed by atoms with Crippen molar-refractivity contribution in [2.75, 3.05) is 37.7 Å². The predicted octanol–water partition coefficient (Wildman–Crippen LogP) is 3.49. The fourth-order valence-corrected chi connectivity index (χ4v) is 5.55. The average Bonchev–Trinajstić information content (AvgIpc) is 3.38. The zero-order valence-electron chi connectivity index (χ0n) is 20.1. The van der Waals surface area contributed by atoms with E-state index in [1.54, 1.807) is 12.3 Å². The van der Waals surface area contributed by atoms with Crippen molar-refractivity contribution in [1.29, 1.82) is 0 Å². The fraction of sp³-hybridized carbons (Fsp3) is 0.542. The van der Waals surface area contributed by atoms with Crippen LogP contribution in [0.2, 0.25) is 0 Å². The Kier molecular flexibility index (Phi) is 14.2. The van der Waals surface area contributed by atoms with E-state index in [4.69, 9.17) is 0 Å². The van der Waals surface area contributed by atoms with E-state index < -0.39 is 0 Å². The Morgan fingerprint density at radius 1 is 1.38 bits per heavy atom. The Morgan fingerprint density at radius 3 is 2.74 bits per heavy atom. The summed E-state index contributed by atoms with van der Waals surface area (Å²) < 4.78 is 2.00. The molecule has 0 bridgehead atoms. The molecule has 2 heterocycles. The van der Waals surface area contributed by atoms with Crippen molar-refractivity contribution >= 4 is 40.8 Å². The van der Waals surface area contributed by atoms with Gasteiger partial charge in [0.15, 0.2) is 0 Å². The number of hydrogen-bond donors (Lipinski definition) is 1. The molecule has 186 valence electrons. The second-order valence-corrected chi connectivity index (χ2v) is 10.9. The van der Waals surface area contributed by atoms with Gasteiger partial charge in [0, 0.05) is 19.3 Å². The van der Waals surface area contributed by atoms with Gasteiger partial charge in [-0.15, -0.1) is 15.8 Å². The molecule has 1 aromatic rings. The van der Waals surface area contributed by atoms with E-state index in [-0.39, 0.29) is 8.81 Å². The van der Waals surface area contributed by atoms with E-state index in [0.29, 0.717) is 18.2 Å². The molecule has 10 heteroatoms. The molecule has 1 aliphatic carbocycles. The molecule has 34 heavy (non-hydrogen) atoms. The molecular formula is C24H38N6OP2W. The van der Waals surface area contributed by atoms with Gasteiger partial charge in [0.1, 0.15) is 5.84 Å². The van der Waals surface area contributed by atoms with Crippen molar-refractivity contribution in [3.8, 4) is 0 Å². The second kappa shape index (κ2) is 16.5. The average molecular weight is 672 g/mol. The maximum atomic E-state index is 9.19. The third-order valence-corrected chi connectivity index (χ3v) is 8.57. The molecule has 3 unspecified atom stereocenters. The first-order valence-corrected chi connectivity index (χ1v) is 15.2. The van der Waals surface area contributed by atoms with Gasteiger partial charge in [0.2, 0.25) is 0 Å². The molecule has 0 amide bonds. The molecule has 1 saturated heterocycles. The van der Waals surface area contributed by atoms with E-state index in [9.17, 15) is 4.89 Å². The van der Waals surface area contributed by atoms with Crippen LogP contribution in [-0.2, 0) is 19.4 Å². The van der Waals surface area contributed by atoms with Crippen LogP contribution in [0.5, 0.6) is 0 Å². The monoisotopic (exact) mass is 672 g/mol. The number of nitrogens with zero attached hydrogens (tertiary/aromatic N) is 6. The van der Waals surface area contributed by atoms with E-state index in [1.165, 1.54) is 25.8 Å². The van der Waals surface area contributed by atoms with E-state index in [0.717, 1.165) is 68.3 Å². The van der Waals surface area contributed by atoms with Crippen LogP contribution in [0.15, 0.2) is 47.2 Å². The van der Waals surface area contributed by atoms with Gasteiger partial charge in [0.05, 0.1) is 6.54 Å². The zero-order chi connectivity index (χ0) is 24.8. The molecule has 3 rings (SSSR count). The van der Waals surface area contributed by atoms with Crippen molar-refractivity contribution in [3.05, 3.63) is 43.0 Å². The topological polar surface area (TPSA) is 77.2 Å². The molecule has 1 aliphatic heterocycles. The van der Waals surface area contributed by atoms with E-state index in [1.807, 2.05) is 22.7 Å². The van der Waals surface area contributed by atoms with Gasteiger partial charge in [-0.3, -0.25) is 9.98 Å². The van der Waals surface area contributed by atoms with Crippen molar-refractivity contribution in [2.45, 2.75) is 43.8 Å². The van der Waals surface area contributed by atoms with Gasteiger partial charge in [0.25, 0.3) is 0 Å². The molecule has 0 spiro atoms. The van der Waals surface area contributed by atoms with E-state index in [2.05, 4.69) is 59.3 Å². The maximum absolute atomic E-state index is 9.19. The van der Waals surface area contributed by atoms with Crippen LogP contribution in [0.4, 0.5) is 5.82 Å². The second-order valence-electron chi connectivity index (χ2n) is 8.46. The third kappa shape index (κ3) is 9.50. The van der Waals surface area contributed by atoms with Crippen molar-refractivity contribution in [3.63, 3.8) is 0 Å². The summed E-state index contributed by atoms with van der Waals surface area (Å²) in [5.41, 5.74) is 0.531. The summed E-state index contributed by atoms with van der Waals surface area (Å²) in [5.74, 6) is 3.59. The molecule has 1 aromatic heterocycles. The molecule has 0 radical (unpaired) electrons. The van der Waals surface area contributed by atoms with Gasteiger partial charge in [-0.1, -0.05) is 6.08 Å². The number of amidine groups is 1. The molecule has 1 N–H and O–H groups in total. The van der Waals surface area contributed by atoms with Crippen LogP contribution in [0.25, 0.3) is 0 Å². The quantitative estimate of drug-likeness (QED) is 0.188. The van der Waals surface area contributed by atoms with Crippen LogP contribution < -0.4 is 4.90 Å². The minimum absolute atomic E-state index is 0.108. The first-order chi connectivity index (χ1) is 16.6. The Bertz CT molecular complexity index is 845. The molecule has 2 aliphatic rings. The number of aliphatic imine (C=N–C) groups is 2. The van der Waals surface area contributed by atoms with Gasteiger partial charge >= 0.3 is 121 Å². The van der Waals surface area contributed by atoms with Crippen LogP contribution in [0, 0.1) is 5.92 Å². The minimum atomic E-state index is 0.108. The van der Waals surface area contributed by atoms with Crippen LogP contribution >= 0.6 is 18.0 Å². The summed E-state index contributed by atoms with van der Waals surface area (Å²) >= 11 is 1.37. The molecule has 0 aromatic carbocycles. The Morgan fingerprint density at radius 2 is 2.15 bits per heavy atom. The van der Waals surface area contributed by atoms with Crippen LogP contribution in [0.1, 0.15) is 37.9 Å². The first-order valence-electron chi connectivity index (χ1n) is 11.7. The summed E-state index contributed by atoms with van der Waals surface area (Å²) in [6, 6.07) is 2.52. The number of anilines is 1. The fourth-order valence-electron chi connectivity index (χ4n) is 4.16. The van der Waals surface area contributed by atoms with Gasteiger partial charge in [-0.05, 0) is 31.3 Å². The predicted molar refractivity (Wildman–Crippen MR) is 148 cm³/mol. The molecule has 2 fully saturated rings. The summed E-state index contributed by atoms with van der Waals surface area (Å²) in [6.45, 7) is 9.93. The summed E-state index contributed by atoms with van der Waals surface area (Å²) in [6.07, 6.45) is 14.2. The van der Waals surface area contributed by atoms with Crippen molar-refractivity contribution in [1.82, 2.24) is 14.9 Å². The van der Waals surface area contributed by atoms with Crippen molar-refractivity contribution < 1.29 is 24.2 Å². The standard InChI is InChI=1S/C12H18N3OP.C12H20N3P.W/c1-9-13-8-7-12(14-9)15(2)10-3-5-11(17-16)6-4-10;1-3-6-14-12(4-7-13-2)15-8-5-11(9-15)10-16;/h1,7-8,10-11,16-17H,3-6H2,2H3;3-4,7,11H,1-2,5-6,8-10,16H2;/b;7-4-,14-12?;. The number of aromatic nitrogens is 2. The Hall–Kier alpha value is -1.12. The van der Waals surface area contributed by atoms with Crippen molar-refractivity contribution in [2.24, 2.45) is 15.9 Å². The molecule has 1 saturated carbocycles. The zero-order valence-corrected chi connectivity index (χ0v) is 25.2. The Labute approximate surface area is 219 Å². The normalized spacial score (nSPS) is 23.1. The van der Waals surface area contributed by atoms with Crippen LogP contribution in [0.3, 0.4) is 0 Å². The van der Waals surface area contributed by atoms with Gasteiger partial charge in [-0.25, -0.2) is 0 Å². The number of rotatable bonds is 9. The SMILES string of the molecule is C=CCN=C(/C=C\N=C)N1CCC(CP)C1.CN(c1ccnc([CH]=[W])n1)C1CCC(PO)CC1. The summed E-state index contributed by atoms with van der Waals surface area (Å²) in [4.78, 5) is 30.7. The summed E-state index contributed by atoms with van der Waals surface area (Å²) in [7, 11) is 5.04. The van der Waals surface area contributed by atoms with Gasteiger partial charge in [-0.2, -0.15) is 0 Å². The molecular weight excluding hydrogens is 634 g/mol. The first kappa shape index (κ1) is 29.1. The third-order valence-electron chi connectivity index (χ3n) is 6.21. The van der Waals surface area contributed by atoms with Gasteiger partial charge < -0.3 is 4.90 Å². The van der Waals surface area contributed by atoms with Crippen LogP contribution in [-0.4, -0.2) is 81.3 Å². The van der Waals surface area contributed by atoms with E-state index >= 15 is 0 Å².